The smallest absolute Gasteiger partial charge is 0.338 e. The highest BCUT2D eigenvalue weighted by atomic mass is 32.2. The zero-order valence-electron chi connectivity index (χ0n) is 16.6. The van der Waals surface area contributed by atoms with Crippen LogP contribution in [0.25, 0.3) is 0 Å². The van der Waals surface area contributed by atoms with Crippen molar-refractivity contribution in [1.82, 2.24) is 10.6 Å². The van der Waals surface area contributed by atoms with Crippen LogP contribution in [-0.2, 0) is 19.6 Å². The minimum atomic E-state index is -3.91. The summed E-state index contributed by atoms with van der Waals surface area (Å²) in [7, 11) is -2.50. The molecular weight excluding hydrogens is 410 g/mol. The molecule has 3 amide bonds. The molecule has 0 aliphatic heterocycles. The number of imide groups is 1. The van der Waals surface area contributed by atoms with Crippen molar-refractivity contribution < 1.29 is 27.5 Å². The molecule has 30 heavy (non-hydrogen) atoms. The molecule has 0 aromatic heterocycles. The van der Waals surface area contributed by atoms with E-state index in [-0.39, 0.29) is 10.5 Å². The lowest BCUT2D eigenvalue weighted by molar-refractivity contribution is -0.123. The number of anilines is 1. The molecule has 0 unspecified atom stereocenters. The predicted octanol–water partition coefficient (Wildman–Crippen LogP) is 1.90. The average Bonchev–Trinajstić information content (AvgIpc) is 2.76. The first-order valence-electron chi connectivity index (χ1n) is 9.14. The molecule has 0 atom stereocenters. The molecule has 10 heteroatoms. The van der Waals surface area contributed by atoms with Crippen molar-refractivity contribution in [3.05, 3.63) is 60.2 Å². The Kier molecular flexibility index (Phi) is 7.93. The first-order valence-corrected chi connectivity index (χ1v) is 10.6. The third kappa shape index (κ3) is 6.05. The van der Waals surface area contributed by atoms with Crippen molar-refractivity contribution in [2.75, 3.05) is 24.5 Å². The minimum absolute atomic E-state index is 0.0410. The number of nitrogens with one attached hydrogen (secondary N) is 2. The fourth-order valence-electron chi connectivity index (χ4n) is 2.38. The van der Waals surface area contributed by atoms with E-state index in [1.807, 2.05) is 12.2 Å². The van der Waals surface area contributed by atoms with Gasteiger partial charge in [-0.15, -0.1) is 0 Å². The molecule has 0 saturated carbocycles. The van der Waals surface area contributed by atoms with Gasteiger partial charge in [0, 0.05) is 13.6 Å². The van der Waals surface area contributed by atoms with Gasteiger partial charge in [0.15, 0.2) is 6.61 Å². The second-order valence-electron chi connectivity index (χ2n) is 6.22. The summed E-state index contributed by atoms with van der Waals surface area (Å²) in [5, 5.41) is 4.47. The molecular formula is C20H23N3O6S. The number of amides is 3. The van der Waals surface area contributed by atoms with Gasteiger partial charge in [-0.25, -0.2) is 18.0 Å². The number of nitrogens with zero attached hydrogens (tertiary/aromatic N) is 1. The standard InChI is InChI=1S/C20H23N3O6S/c1-3-12-21-20(26)22-18(24)14-29-19(25)15-8-7-11-17(13-15)30(27,28)23(2)16-9-5-4-6-10-16/h4-11,13H,3,12,14H2,1-2H3,(H2,21,22,24,26). The number of benzene rings is 2. The maximum Gasteiger partial charge on any atom is 0.338 e. The van der Waals surface area contributed by atoms with Gasteiger partial charge in [0.05, 0.1) is 16.1 Å². The Morgan fingerprint density at radius 3 is 2.40 bits per heavy atom. The lowest BCUT2D eigenvalue weighted by atomic mass is 10.2. The van der Waals surface area contributed by atoms with Crippen molar-refractivity contribution >= 4 is 33.6 Å². The Morgan fingerprint density at radius 2 is 1.73 bits per heavy atom. The van der Waals surface area contributed by atoms with Crippen molar-refractivity contribution in [1.29, 1.82) is 0 Å². The zero-order chi connectivity index (χ0) is 22.1. The normalized spacial score (nSPS) is 10.7. The van der Waals surface area contributed by atoms with Crippen LogP contribution in [0.15, 0.2) is 59.5 Å². The topological polar surface area (TPSA) is 122 Å². The molecule has 0 radical (unpaired) electrons. The van der Waals surface area contributed by atoms with E-state index in [4.69, 9.17) is 4.74 Å². The molecule has 9 nitrogen and oxygen atoms in total. The van der Waals surface area contributed by atoms with Crippen molar-refractivity contribution in [3.63, 3.8) is 0 Å². The van der Waals surface area contributed by atoms with Crippen molar-refractivity contribution in [2.45, 2.75) is 18.2 Å². The largest absolute Gasteiger partial charge is 0.452 e. The number of sulfonamides is 1. The number of esters is 1. The SMILES string of the molecule is CCCNC(=O)NC(=O)COC(=O)c1cccc(S(=O)(=O)N(C)c2ccccc2)c1. The second kappa shape index (κ2) is 10.4. The molecule has 0 spiro atoms. The van der Waals surface area contributed by atoms with E-state index < -0.39 is 34.5 Å². The number of ether oxygens (including phenoxy) is 1. The van der Waals surface area contributed by atoms with Gasteiger partial charge in [0.25, 0.3) is 15.9 Å². The van der Waals surface area contributed by atoms with Gasteiger partial charge < -0.3 is 10.1 Å². The van der Waals surface area contributed by atoms with Crippen LogP contribution in [-0.4, -0.2) is 46.5 Å². The van der Waals surface area contributed by atoms with E-state index >= 15 is 0 Å². The van der Waals surface area contributed by atoms with Gasteiger partial charge in [0.2, 0.25) is 0 Å². The number of rotatable bonds is 8. The minimum Gasteiger partial charge on any atom is -0.452 e. The summed E-state index contributed by atoms with van der Waals surface area (Å²) < 4.78 is 31.7. The predicted molar refractivity (Wildman–Crippen MR) is 111 cm³/mol. The van der Waals surface area contributed by atoms with Gasteiger partial charge in [-0.3, -0.25) is 14.4 Å². The third-order valence-electron chi connectivity index (χ3n) is 3.97. The molecule has 2 aromatic rings. The lowest BCUT2D eigenvalue weighted by Crippen LogP contribution is -2.41. The van der Waals surface area contributed by atoms with Gasteiger partial charge in [-0.1, -0.05) is 31.2 Å². The van der Waals surface area contributed by atoms with Crippen molar-refractivity contribution in [3.8, 4) is 0 Å². The third-order valence-corrected chi connectivity index (χ3v) is 5.75. The summed E-state index contributed by atoms with van der Waals surface area (Å²) in [6.45, 7) is 1.58. The van der Waals surface area contributed by atoms with E-state index in [1.165, 1.54) is 31.3 Å². The van der Waals surface area contributed by atoms with Crippen LogP contribution in [0.1, 0.15) is 23.7 Å². The van der Waals surface area contributed by atoms with Gasteiger partial charge in [-0.2, -0.15) is 0 Å². The first-order chi connectivity index (χ1) is 14.3. The summed E-state index contributed by atoms with van der Waals surface area (Å²) in [6, 6.07) is 13.1. The summed E-state index contributed by atoms with van der Waals surface area (Å²) in [5.41, 5.74) is 0.421. The molecule has 0 bridgehead atoms. The van der Waals surface area contributed by atoms with Gasteiger partial charge in [-0.05, 0) is 36.8 Å². The second-order valence-corrected chi connectivity index (χ2v) is 8.19. The molecule has 0 fully saturated rings. The molecule has 2 rings (SSSR count). The monoisotopic (exact) mass is 433 g/mol. The summed E-state index contributed by atoms with van der Waals surface area (Å²) in [4.78, 5) is 35.2. The van der Waals surface area contributed by atoms with Crippen LogP contribution in [0, 0.1) is 0 Å². The van der Waals surface area contributed by atoms with E-state index in [0.717, 1.165) is 4.31 Å². The summed E-state index contributed by atoms with van der Waals surface area (Å²) in [6.07, 6.45) is 0.704. The summed E-state index contributed by atoms with van der Waals surface area (Å²) in [5.74, 6) is -1.69. The quantitative estimate of drug-likeness (QED) is 0.613. The van der Waals surface area contributed by atoms with Crippen molar-refractivity contribution in [2.24, 2.45) is 0 Å². The summed E-state index contributed by atoms with van der Waals surface area (Å²) >= 11 is 0. The highest BCUT2D eigenvalue weighted by Gasteiger charge is 2.23. The molecule has 0 aliphatic rings. The van der Waals surface area contributed by atoms with Gasteiger partial charge >= 0.3 is 12.0 Å². The Labute approximate surface area is 175 Å². The number of carbonyl (C=O) groups is 3. The van der Waals surface area contributed by atoms with E-state index in [2.05, 4.69) is 5.32 Å². The number of carbonyl (C=O) groups excluding carboxylic acids is 3. The molecule has 2 N–H and O–H groups in total. The van der Waals surface area contributed by atoms with Crippen LogP contribution in [0.5, 0.6) is 0 Å². The van der Waals surface area contributed by atoms with Crippen LogP contribution in [0.3, 0.4) is 0 Å². The van der Waals surface area contributed by atoms with Gasteiger partial charge in [0.1, 0.15) is 0 Å². The number of para-hydroxylation sites is 1. The molecule has 0 aliphatic carbocycles. The molecule has 0 heterocycles. The number of hydrogen-bond acceptors (Lipinski definition) is 6. The maximum atomic E-state index is 12.8. The fraction of sp³-hybridized carbons (Fsp3) is 0.250. The van der Waals surface area contributed by atoms with E-state index in [9.17, 15) is 22.8 Å². The molecule has 2 aromatic carbocycles. The number of urea groups is 1. The number of hydrogen-bond donors (Lipinski definition) is 2. The lowest BCUT2D eigenvalue weighted by Gasteiger charge is -2.19. The Hall–Kier alpha value is -3.40. The maximum absolute atomic E-state index is 12.8. The van der Waals surface area contributed by atoms with Crippen LogP contribution in [0.4, 0.5) is 10.5 Å². The molecule has 160 valence electrons. The average molecular weight is 433 g/mol. The molecule has 0 saturated heterocycles. The highest BCUT2D eigenvalue weighted by Crippen LogP contribution is 2.22. The van der Waals surface area contributed by atoms with E-state index in [0.29, 0.717) is 18.7 Å². The van der Waals surface area contributed by atoms with Crippen LogP contribution < -0.4 is 14.9 Å². The van der Waals surface area contributed by atoms with Crippen LogP contribution >= 0.6 is 0 Å². The Bertz CT molecular complexity index is 1010. The zero-order valence-corrected chi connectivity index (χ0v) is 17.4. The van der Waals surface area contributed by atoms with Crippen LogP contribution in [0.2, 0.25) is 0 Å². The Morgan fingerprint density at radius 1 is 1.03 bits per heavy atom. The first kappa shape index (κ1) is 22.9. The van der Waals surface area contributed by atoms with E-state index in [1.54, 1.807) is 30.3 Å². The fourth-order valence-corrected chi connectivity index (χ4v) is 3.62. The Balaban J connectivity index is 2.05. The highest BCUT2D eigenvalue weighted by molar-refractivity contribution is 7.92.